The van der Waals surface area contributed by atoms with Gasteiger partial charge in [-0.05, 0) is 24.1 Å². The Hall–Kier alpha value is -1.78. The summed E-state index contributed by atoms with van der Waals surface area (Å²) < 4.78 is 39.3. The van der Waals surface area contributed by atoms with Crippen molar-refractivity contribution in [1.82, 2.24) is 9.55 Å². The van der Waals surface area contributed by atoms with Gasteiger partial charge in [-0.3, -0.25) is 0 Å². The molecule has 0 fully saturated rings. The minimum Gasteiger partial charge on any atom is -0.331 e. The van der Waals surface area contributed by atoms with Crippen molar-refractivity contribution in [1.29, 1.82) is 0 Å². The Morgan fingerprint density at radius 2 is 1.84 bits per heavy atom. The lowest BCUT2D eigenvalue weighted by Gasteiger charge is -2.09. The van der Waals surface area contributed by atoms with Crippen LogP contribution in [0.1, 0.15) is 30.3 Å². The van der Waals surface area contributed by atoms with Gasteiger partial charge < -0.3 is 4.57 Å². The van der Waals surface area contributed by atoms with E-state index in [-0.39, 0.29) is 0 Å². The molecule has 0 aliphatic heterocycles. The topological polar surface area (TPSA) is 17.8 Å². The Balaban J connectivity index is 2.13. The number of hydrogen-bond donors (Lipinski definition) is 0. The molecule has 2 nitrogen and oxygen atoms in total. The monoisotopic (exact) mass is 268 g/mol. The normalized spacial score (nSPS) is 11.8. The van der Waals surface area contributed by atoms with Gasteiger partial charge in [-0.25, -0.2) is 4.98 Å². The van der Waals surface area contributed by atoms with Gasteiger partial charge in [0.05, 0.1) is 5.56 Å². The molecule has 0 N–H and O–H groups in total. The molecule has 0 bridgehead atoms. The van der Waals surface area contributed by atoms with Crippen LogP contribution in [0, 0.1) is 0 Å². The lowest BCUT2D eigenvalue weighted by atomic mass is 10.1. The number of halogens is 3. The fourth-order valence-corrected chi connectivity index (χ4v) is 1.93. The Bertz CT molecular complexity index is 526. The number of alkyl halides is 3. The summed E-state index contributed by atoms with van der Waals surface area (Å²) in [6, 6.07) is 5.26. The molecule has 1 heterocycles. The minimum absolute atomic E-state index is 0.549. The lowest BCUT2D eigenvalue weighted by molar-refractivity contribution is -0.137. The molecule has 0 aliphatic carbocycles. The zero-order valence-electron chi connectivity index (χ0n) is 10.6. The second kappa shape index (κ2) is 5.47. The van der Waals surface area contributed by atoms with Gasteiger partial charge in [0.1, 0.15) is 5.82 Å². The maximum atomic E-state index is 12.4. The maximum Gasteiger partial charge on any atom is 0.416 e. The van der Waals surface area contributed by atoms with Crippen molar-refractivity contribution < 1.29 is 13.2 Å². The van der Waals surface area contributed by atoms with Crippen molar-refractivity contribution in [3.8, 4) is 0 Å². The van der Waals surface area contributed by atoms with Gasteiger partial charge in [0.15, 0.2) is 0 Å². The van der Waals surface area contributed by atoms with E-state index in [2.05, 4.69) is 11.9 Å². The van der Waals surface area contributed by atoms with Crippen LogP contribution in [0.3, 0.4) is 0 Å². The van der Waals surface area contributed by atoms with Crippen molar-refractivity contribution in [2.24, 2.45) is 0 Å². The largest absolute Gasteiger partial charge is 0.416 e. The van der Waals surface area contributed by atoms with Crippen LogP contribution < -0.4 is 0 Å². The first kappa shape index (κ1) is 13.6. The highest BCUT2D eigenvalue weighted by Gasteiger charge is 2.29. The summed E-state index contributed by atoms with van der Waals surface area (Å²) in [4.78, 5) is 4.24. The standard InChI is InChI=1S/C14H15F3N2/c1-2-3-13-18-8-9-19(13)10-11-4-6-12(7-5-11)14(15,16)17/h4-9H,2-3,10H2,1H3. The Morgan fingerprint density at radius 1 is 1.16 bits per heavy atom. The predicted molar refractivity (Wildman–Crippen MR) is 66.8 cm³/mol. The highest BCUT2D eigenvalue weighted by molar-refractivity contribution is 5.25. The van der Waals surface area contributed by atoms with Gasteiger partial charge in [0.2, 0.25) is 0 Å². The van der Waals surface area contributed by atoms with Gasteiger partial charge in [-0.15, -0.1) is 0 Å². The van der Waals surface area contributed by atoms with Crippen LogP contribution in [0.2, 0.25) is 0 Å². The number of aryl methyl sites for hydroxylation is 1. The summed E-state index contributed by atoms with van der Waals surface area (Å²) in [5.74, 6) is 0.961. The molecular formula is C14H15F3N2. The summed E-state index contributed by atoms with van der Waals surface area (Å²) in [5, 5.41) is 0. The fraction of sp³-hybridized carbons (Fsp3) is 0.357. The summed E-state index contributed by atoms with van der Waals surface area (Å²) >= 11 is 0. The molecule has 102 valence electrons. The van der Waals surface area contributed by atoms with E-state index in [1.165, 1.54) is 12.1 Å². The summed E-state index contributed by atoms with van der Waals surface area (Å²) in [6.07, 6.45) is 1.15. The number of rotatable bonds is 4. The molecule has 0 aliphatic rings. The van der Waals surface area contributed by atoms with Crippen LogP contribution in [-0.2, 0) is 19.1 Å². The van der Waals surface area contributed by atoms with E-state index >= 15 is 0 Å². The van der Waals surface area contributed by atoms with E-state index in [9.17, 15) is 13.2 Å². The van der Waals surface area contributed by atoms with Gasteiger partial charge in [0.25, 0.3) is 0 Å². The molecule has 19 heavy (non-hydrogen) atoms. The highest BCUT2D eigenvalue weighted by atomic mass is 19.4. The van der Waals surface area contributed by atoms with Gasteiger partial charge in [-0.1, -0.05) is 19.1 Å². The maximum absolute atomic E-state index is 12.4. The Kier molecular flexibility index (Phi) is 3.93. The average molecular weight is 268 g/mol. The first-order chi connectivity index (χ1) is 9.00. The summed E-state index contributed by atoms with van der Waals surface area (Å²) in [7, 11) is 0. The van der Waals surface area contributed by atoms with Gasteiger partial charge >= 0.3 is 6.18 Å². The van der Waals surface area contributed by atoms with Crippen molar-refractivity contribution in [3.63, 3.8) is 0 Å². The van der Waals surface area contributed by atoms with E-state index in [1.807, 2.05) is 10.8 Å². The van der Waals surface area contributed by atoms with Crippen molar-refractivity contribution in [3.05, 3.63) is 53.6 Å². The molecule has 0 saturated carbocycles. The fourth-order valence-electron chi connectivity index (χ4n) is 1.93. The van der Waals surface area contributed by atoms with E-state index in [4.69, 9.17) is 0 Å². The molecule has 0 amide bonds. The molecule has 1 aromatic carbocycles. The highest BCUT2D eigenvalue weighted by Crippen LogP contribution is 2.29. The molecule has 0 unspecified atom stereocenters. The molecular weight excluding hydrogens is 253 g/mol. The minimum atomic E-state index is -4.28. The van der Waals surface area contributed by atoms with Crippen LogP contribution in [0.5, 0.6) is 0 Å². The van der Waals surface area contributed by atoms with Crippen LogP contribution in [0.25, 0.3) is 0 Å². The SMILES string of the molecule is CCCc1nccn1Cc1ccc(C(F)(F)F)cc1. The number of aromatic nitrogens is 2. The smallest absolute Gasteiger partial charge is 0.331 e. The van der Waals surface area contributed by atoms with Gasteiger partial charge in [0, 0.05) is 25.4 Å². The zero-order chi connectivity index (χ0) is 13.9. The van der Waals surface area contributed by atoms with Crippen LogP contribution in [0.15, 0.2) is 36.7 Å². The molecule has 0 spiro atoms. The molecule has 5 heteroatoms. The first-order valence-corrected chi connectivity index (χ1v) is 6.17. The summed E-state index contributed by atoms with van der Waals surface area (Å²) in [5.41, 5.74) is 0.221. The summed E-state index contributed by atoms with van der Waals surface area (Å²) in [6.45, 7) is 2.62. The zero-order valence-corrected chi connectivity index (χ0v) is 10.6. The third-order valence-electron chi connectivity index (χ3n) is 2.91. The second-order valence-corrected chi connectivity index (χ2v) is 4.42. The first-order valence-electron chi connectivity index (χ1n) is 6.17. The molecule has 2 rings (SSSR count). The average Bonchev–Trinajstić information content (AvgIpc) is 2.77. The number of nitrogens with zero attached hydrogens (tertiary/aromatic N) is 2. The van der Waals surface area contributed by atoms with Crippen molar-refractivity contribution in [2.45, 2.75) is 32.5 Å². The van der Waals surface area contributed by atoms with Crippen molar-refractivity contribution >= 4 is 0 Å². The number of imidazole rings is 1. The molecule has 1 aromatic heterocycles. The van der Waals surface area contributed by atoms with Crippen LogP contribution >= 0.6 is 0 Å². The lowest BCUT2D eigenvalue weighted by Crippen LogP contribution is -2.07. The Labute approximate surface area is 109 Å². The predicted octanol–water partition coefficient (Wildman–Crippen LogP) is 3.90. The molecule has 2 aromatic rings. The molecule has 0 saturated heterocycles. The van der Waals surface area contributed by atoms with E-state index < -0.39 is 11.7 Å². The third kappa shape index (κ3) is 3.36. The van der Waals surface area contributed by atoms with Crippen LogP contribution in [0.4, 0.5) is 13.2 Å². The van der Waals surface area contributed by atoms with E-state index in [0.717, 1.165) is 36.4 Å². The molecule has 0 radical (unpaired) electrons. The second-order valence-electron chi connectivity index (χ2n) is 4.42. The number of benzene rings is 1. The third-order valence-corrected chi connectivity index (χ3v) is 2.91. The number of hydrogen-bond acceptors (Lipinski definition) is 1. The van der Waals surface area contributed by atoms with Crippen LogP contribution in [-0.4, -0.2) is 9.55 Å². The molecule has 0 atom stereocenters. The quantitative estimate of drug-likeness (QED) is 0.822. The van der Waals surface area contributed by atoms with Gasteiger partial charge in [-0.2, -0.15) is 13.2 Å². The Morgan fingerprint density at radius 3 is 2.42 bits per heavy atom. The van der Waals surface area contributed by atoms with E-state index in [1.54, 1.807) is 6.20 Å². The van der Waals surface area contributed by atoms with E-state index in [0.29, 0.717) is 6.54 Å². The van der Waals surface area contributed by atoms with Crippen molar-refractivity contribution in [2.75, 3.05) is 0 Å².